The van der Waals surface area contributed by atoms with Crippen LogP contribution in [-0.2, 0) is 19.1 Å². The van der Waals surface area contributed by atoms with Crippen LogP contribution < -0.4 is 10.1 Å². The first-order chi connectivity index (χ1) is 15.4. The van der Waals surface area contributed by atoms with Gasteiger partial charge >= 0.3 is 5.97 Å². The van der Waals surface area contributed by atoms with E-state index in [4.69, 9.17) is 21.1 Å². The summed E-state index contributed by atoms with van der Waals surface area (Å²) in [5, 5.41) is 13.2. The highest BCUT2D eigenvalue weighted by Gasteiger charge is 2.44. The summed E-state index contributed by atoms with van der Waals surface area (Å²) in [5.41, 5.74) is 0.684. The number of rotatable bonds is 7. The van der Waals surface area contributed by atoms with Gasteiger partial charge in [-0.3, -0.25) is 14.4 Å². The van der Waals surface area contributed by atoms with E-state index in [2.05, 4.69) is 11.4 Å². The number of carbonyl (C=O) groups excluding carboxylic acids is 3. The second-order valence-corrected chi connectivity index (χ2v) is 8.71. The lowest BCUT2D eigenvalue weighted by Gasteiger charge is -2.31. The maximum atomic E-state index is 12.9. The molecule has 0 aliphatic carbocycles. The fraction of sp³-hybridized carbons (Fsp3) is 0.455. The van der Waals surface area contributed by atoms with Crippen LogP contribution in [0.4, 0.5) is 0 Å². The van der Waals surface area contributed by atoms with Crippen LogP contribution in [0.15, 0.2) is 28.8 Å². The predicted molar refractivity (Wildman–Crippen MR) is 120 cm³/mol. The summed E-state index contributed by atoms with van der Waals surface area (Å²) in [4.78, 5) is 39.6. The first-order valence-corrected chi connectivity index (χ1v) is 11.6. The average Bonchev–Trinajstić information content (AvgIpc) is 3.33. The van der Waals surface area contributed by atoms with Gasteiger partial charge in [0, 0.05) is 19.0 Å². The number of hydrogen-bond donors (Lipinski definition) is 1. The summed E-state index contributed by atoms with van der Waals surface area (Å²) < 4.78 is 10.3. The van der Waals surface area contributed by atoms with E-state index >= 15 is 0 Å². The highest BCUT2D eigenvalue weighted by Crippen LogP contribution is 2.42. The van der Waals surface area contributed by atoms with Crippen molar-refractivity contribution in [2.24, 2.45) is 5.92 Å². The number of amides is 2. The molecule has 0 unspecified atom stereocenters. The van der Waals surface area contributed by atoms with Crippen molar-refractivity contribution in [3.05, 3.63) is 39.4 Å². The third-order valence-corrected chi connectivity index (χ3v) is 6.69. The van der Waals surface area contributed by atoms with Crippen LogP contribution in [0.1, 0.15) is 31.2 Å². The van der Waals surface area contributed by atoms with E-state index in [1.54, 1.807) is 23.1 Å². The minimum atomic E-state index is -1.26. The monoisotopic (exact) mass is 477 g/mol. The maximum absolute atomic E-state index is 12.9. The average molecular weight is 478 g/mol. The van der Waals surface area contributed by atoms with E-state index in [1.165, 1.54) is 7.11 Å². The lowest BCUT2D eigenvalue weighted by molar-refractivity contribution is -0.150. The van der Waals surface area contributed by atoms with Gasteiger partial charge in [-0.25, -0.2) is 0 Å². The van der Waals surface area contributed by atoms with Crippen molar-refractivity contribution in [3.8, 4) is 11.8 Å². The van der Waals surface area contributed by atoms with Crippen molar-refractivity contribution in [2.45, 2.75) is 25.7 Å². The standard InChI is InChI=1S/C22H24ClN3O5S/c1-3-31-16-7-6-13(10-15(16)23)18-14(11-24)21(25-20(28)19(18)22(29)30-2)32-12-17(27)26-8-4-5-9-26/h6-7,10,18-19H,3-5,8-9,12H2,1-2H3,(H,25,28)/t18-,19-/m1/s1. The van der Waals surface area contributed by atoms with Crippen LogP contribution in [0.2, 0.25) is 5.02 Å². The molecule has 2 amide bonds. The van der Waals surface area contributed by atoms with Crippen LogP contribution in [0.5, 0.6) is 5.75 Å². The van der Waals surface area contributed by atoms with Crippen LogP contribution in [0, 0.1) is 17.2 Å². The Hall–Kier alpha value is -2.70. The smallest absolute Gasteiger partial charge is 0.319 e. The highest BCUT2D eigenvalue weighted by atomic mass is 35.5. The Kier molecular flexibility index (Phi) is 8.04. The van der Waals surface area contributed by atoms with E-state index in [0.29, 0.717) is 36.0 Å². The van der Waals surface area contributed by atoms with Gasteiger partial charge in [0.25, 0.3) is 0 Å². The number of likely N-dealkylation sites (tertiary alicyclic amines) is 1. The van der Waals surface area contributed by atoms with Crippen molar-refractivity contribution in [3.63, 3.8) is 0 Å². The molecule has 0 aromatic heterocycles. The van der Waals surface area contributed by atoms with Crippen molar-refractivity contribution in [1.82, 2.24) is 10.2 Å². The summed E-state index contributed by atoms with van der Waals surface area (Å²) in [6.45, 7) is 3.68. The number of ether oxygens (including phenoxy) is 2. The zero-order valence-corrected chi connectivity index (χ0v) is 19.4. The number of hydrogen-bond acceptors (Lipinski definition) is 7. The van der Waals surface area contributed by atoms with Crippen molar-refractivity contribution in [1.29, 1.82) is 5.26 Å². The molecule has 2 heterocycles. The van der Waals surface area contributed by atoms with Gasteiger partial charge in [0.05, 0.1) is 41.2 Å². The molecule has 0 radical (unpaired) electrons. The van der Waals surface area contributed by atoms with Gasteiger partial charge in [0.2, 0.25) is 11.8 Å². The highest BCUT2D eigenvalue weighted by molar-refractivity contribution is 8.03. The minimum Gasteiger partial charge on any atom is -0.492 e. The normalized spacial score (nSPS) is 20.6. The molecule has 0 saturated carbocycles. The van der Waals surface area contributed by atoms with Gasteiger partial charge in [-0.15, -0.1) is 0 Å². The number of thioether (sulfide) groups is 1. The van der Waals surface area contributed by atoms with Crippen molar-refractivity contribution in [2.75, 3.05) is 32.6 Å². The summed E-state index contributed by atoms with van der Waals surface area (Å²) in [5.74, 6) is -3.03. The van der Waals surface area contributed by atoms with Crippen molar-refractivity contribution >= 4 is 41.1 Å². The number of methoxy groups -OCH3 is 1. The first-order valence-electron chi connectivity index (χ1n) is 10.3. The van der Waals surface area contributed by atoms with E-state index in [-0.39, 0.29) is 22.3 Å². The van der Waals surface area contributed by atoms with Gasteiger partial charge in [0.15, 0.2) is 0 Å². The molecule has 0 bridgehead atoms. The van der Waals surface area contributed by atoms with E-state index < -0.39 is 23.7 Å². The second-order valence-electron chi connectivity index (χ2n) is 7.32. The Labute approximate surface area is 195 Å². The minimum absolute atomic E-state index is 0.0534. The molecule has 0 spiro atoms. The fourth-order valence-electron chi connectivity index (χ4n) is 3.85. The number of nitriles is 1. The van der Waals surface area contributed by atoms with Crippen LogP contribution in [-0.4, -0.2) is 55.2 Å². The Morgan fingerprint density at radius 3 is 2.66 bits per heavy atom. The predicted octanol–water partition coefficient (Wildman–Crippen LogP) is 2.83. The molecule has 10 heteroatoms. The molecular weight excluding hydrogens is 454 g/mol. The Morgan fingerprint density at radius 2 is 2.06 bits per heavy atom. The SMILES string of the molecule is CCOc1ccc([C@@H]2C(C#N)=C(SCC(=O)N3CCCC3)NC(=O)[C@@H]2C(=O)OC)cc1Cl. The largest absolute Gasteiger partial charge is 0.492 e. The number of benzene rings is 1. The molecule has 2 aliphatic rings. The topological polar surface area (TPSA) is 109 Å². The van der Waals surface area contributed by atoms with Crippen LogP contribution >= 0.6 is 23.4 Å². The second kappa shape index (κ2) is 10.7. The Bertz CT molecular complexity index is 984. The number of halogens is 1. The number of allylic oxidation sites excluding steroid dienone is 1. The quantitative estimate of drug-likeness (QED) is 0.475. The molecule has 1 aromatic rings. The molecule has 170 valence electrons. The third-order valence-electron chi connectivity index (χ3n) is 5.40. The molecule has 32 heavy (non-hydrogen) atoms. The molecular formula is C22H24ClN3O5S. The van der Waals surface area contributed by atoms with Gasteiger partial charge < -0.3 is 19.7 Å². The van der Waals surface area contributed by atoms with Crippen molar-refractivity contribution < 1.29 is 23.9 Å². The van der Waals surface area contributed by atoms with Crippen LogP contribution in [0.25, 0.3) is 0 Å². The Balaban J connectivity index is 1.97. The molecule has 3 rings (SSSR count). The van der Waals surface area contributed by atoms with Gasteiger partial charge in [0.1, 0.15) is 11.7 Å². The molecule has 1 saturated heterocycles. The summed E-state index contributed by atoms with van der Waals surface area (Å²) >= 11 is 7.42. The van der Waals surface area contributed by atoms with Gasteiger partial charge in [-0.05, 0) is 37.5 Å². The molecule has 1 fully saturated rings. The van der Waals surface area contributed by atoms with E-state index in [1.807, 2.05) is 6.92 Å². The lowest BCUT2D eigenvalue weighted by atomic mass is 9.78. The number of esters is 1. The Morgan fingerprint density at radius 1 is 1.34 bits per heavy atom. The summed E-state index contributed by atoms with van der Waals surface area (Å²) in [6, 6.07) is 7.02. The van der Waals surface area contributed by atoms with Gasteiger partial charge in [-0.1, -0.05) is 29.4 Å². The van der Waals surface area contributed by atoms with Crippen LogP contribution in [0.3, 0.4) is 0 Å². The van der Waals surface area contributed by atoms with E-state index in [0.717, 1.165) is 24.6 Å². The third kappa shape index (κ3) is 5.03. The molecule has 8 nitrogen and oxygen atoms in total. The molecule has 2 atom stereocenters. The zero-order valence-electron chi connectivity index (χ0n) is 17.9. The fourth-order valence-corrected chi connectivity index (χ4v) is 5.05. The molecule has 1 aromatic carbocycles. The summed E-state index contributed by atoms with van der Waals surface area (Å²) in [6.07, 6.45) is 1.95. The summed E-state index contributed by atoms with van der Waals surface area (Å²) in [7, 11) is 1.19. The molecule has 1 N–H and O–H groups in total. The first kappa shape index (κ1) is 24.0. The molecule has 2 aliphatic heterocycles. The maximum Gasteiger partial charge on any atom is 0.319 e. The van der Waals surface area contributed by atoms with E-state index in [9.17, 15) is 19.6 Å². The number of nitrogens with one attached hydrogen (secondary N) is 1. The van der Waals surface area contributed by atoms with Gasteiger partial charge in [-0.2, -0.15) is 5.26 Å². The lowest BCUT2D eigenvalue weighted by Crippen LogP contribution is -2.44. The zero-order chi connectivity index (χ0) is 23.3. The number of nitrogens with zero attached hydrogens (tertiary/aromatic N) is 2. The number of carbonyl (C=O) groups is 3.